The van der Waals surface area contributed by atoms with Crippen LogP contribution in [0.4, 0.5) is 0 Å². The van der Waals surface area contributed by atoms with Crippen LogP contribution < -0.4 is 9.46 Å². The molecule has 5 aliphatic rings. The van der Waals surface area contributed by atoms with Crippen molar-refractivity contribution in [2.75, 3.05) is 33.1 Å². The Balaban J connectivity index is 1.36. The highest BCUT2D eigenvalue weighted by molar-refractivity contribution is 7.89. The molecule has 2 saturated heterocycles. The number of benzene rings is 2. The molecule has 232 valence electrons. The average Bonchev–Trinajstić information content (AvgIpc) is 3.44. The standard InChI is InChI=1S/C34H40N4O5S/c1-43-24-11-13-25-27(18-24)28-19-34(28,33(40)37-16-14-23-9-6-15-36(23)20-37)38-29-17-22(32(39)35-44(2,41)42)10-12-26(29)30(31(25)38)21-7-4-3-5-8-21/h10-13,17-18,21,23,28H,3-9,14-16,19-20H2,1-2H3,(H,35,39)/t23-,28?,34?/m0/s1. The van der Waals surface area contributed by atoms with Gasteiger partial charge in [-0.2, -0.15) is 0 Å². The summed E-state index contributed by atoms with van der Waals surface area (Å²) in [7, 11) is -2.05. The van der Waals surface area contributed by atoms with Crippen molar-refractivity contribution >= 4 is 32.7 Å². The van der Waals surface area contributed by atoms with E-state index in [0.717, 1.165) is 72.1 Å². The van der Waals surface area contributed by atoms with Crippen LogP contribution in [-0.4, -0.2) is 73.8 Å². The number of nitrogens with one attached hydrogen (secondary N) is 1. The van der Waals surface area contributed by atoms with E-state index in [4.69, 9.17) is 4.74 Å². The van der Waals surface area contributed by atoms with Crippen molar-refractivity contribution in [2.24, 2.45) is 0 Å². The molecule has 10 heteroatoms. The minimum atomic E-state index is -3.73. The zero-order valence-electron chi connectivity index (χ0n) is 25.5. The van der Waals surface area contributed by atoms with Crippen LogP contribution in [0.25, 0.3) is 22.2 Å². The van der Waals surface area contributed by atoms with Gasteiger partial charge < -0.3 is 14.2 Å². The number of fused-ring (bicyclic) bond motifs is 9. The molecule has 3 atom stereocenters. The molecule has 2 amide bonds. The maximum Gasteiger partial charge on any atom is 0.264 e. The van der Waals surface area contributed by atoms with E-state index < -0.39 is 21.5 Å². The van der Waals surface area contributed by atoms with Crippen molar-refractivity contribution in [3.63, 3.8) is 0 Å². The number of sulfonamides is 1. The van der Waals surface area contributed by atoms with Gasteiger partial charge in [-0.1, -0.05) is 25.3 Å². The van der Waals surface area contributed by atoms with Gasteiger partial charge in [0.05, 0.1) is 31.2 Å². The summed E-state index contributed by atoms with van der Waals surface area (Å²) in [4.78, 5) is 32.6. The average molecular weight is 617 g/mol. The Labute approximate surface area is 258 Å². The quantitative estimate of drug-likeness (QED) is 0.438. The number of nitrogens with zero attached hydrogens (tertiary/aromatic N) is 3. The van der Waals surface area contributed by atoms with Crippen LogP contribution in [0.5, 0.6) is 5.75 Å². The van der Waals surface area contributed by atoms with Crippen molar-refractivity contribution < 1.29 is 22.7 Å². The second-order valence-corrected chi connectivity index (χ2v) is 15.4. The fourth-order valence-corrected chi connectivity index (χ4v) is 9.43. The van der Waals surface area contributed by atoms with Gasteiger partial charge in [0.25, 0.3) is 11.8 Å². The van der Waals surface area contributed by atoms with Crippen molar-refractivity contribution in [1.82, 2.24) is 19.1 Å². The molecule has 2 aliphatic carbocycles. The first-order valence-electron chi connectivity index (χ1n) is 16.1. The summed E-state index contributed by atoms with van der Waals surface area (Å²) in [6.45, 7) is 2.45. The van der Waals surface area contributed by atoms with E-state index in [1.165, 1.54) is 37.7 Å². The summed E-state index contributed by atoms with van der Waals surface area (Å²) >= 11 is 0. The van der Waals surface area contributed by atoms with E-state index in [0.29, 0.717) is 25.0 Å². The van der Waals surface area contributed by atoms with E-state index in [9.17, 15) is 18.0 Å². The molecule has 9 nitrogen and oxygen atoms in total. The maximum absolute atomic E-state index is 15.0. The first kappa shape index (κ1) is 28.1. The van der Waals surface area contributed by atoms with Crippen molar-refractivity contribution in [1.29, 1.82) is 0 Å². The van der Waals surface area contributed by atoms with Crippen LogP contribution in [-0.2, 0) is 20.4 Å². The van der Waals surface area contributed by atoms with E-state index in [2.05, 4.69) is 31.2 Å². The first-order chi connectivity index (χ1) is 21.2. The number of hydrogen-bond donors (Lipinski definition) is 1. The number of rotatable bonds is 5. The van der Waals surface area contributed by atoms with Crippen LogP contribution >= 0.6 is 0 Å². The highest BCUT2D eigenvalue weighted by Gasteiger charge is 2.67. The number of amides is 2. The largest absolute Gasteiger partial charge is 0.497 e. The predicted octanol–water partition coefficient (Wildman–Crippen LogP) is 4.90. The van der Waals surface area contributed by atoms with Crippen molar-refractivity contribution in [3.8, 4) is 17.0 Å². The first-order valence-corrected chi connectivity index (χ1v) is 18.0. The van der Waals surface area contributed by atoms with E-state index in [1.54, 1.807) is 13.2 Å². The Morgan fingerprint density at radius 3 is 2.57 bits per heavy atom. The molecule has 3 aliphatic heterocycles. The Kier molecular flexibility index (Phi) is 6.44. The van der Waals surface area contributed by atoms with Gasteiger partial charge in [0.2, 0.25) is 10.0 Å². The summed E-state index contributed by atoms with van der Waals surface area (Å²) in [6, 6.07) is 12.4. The van der Waals surface area contributed by atoms with E-state index in [1.807, 2.05) is 18.2 Å². The molecule has 0 radical (unpaired) electrons. The molecule has 0 spiro atoms. The Morgan fingerprint density at radius 1 is 0.977 bits per heavy atom. The van der Waals surface area contributed by atoms with Crippen molar-refractivity contribution in [2.45, 2.75) is 81.2 Å². The number of carbonyl (C=O) groups is 2. The molecule has 1 aromatic heterocycles. The number of hydrogen-bond acceptors (Lipinski definition) is 6. The van der Waals surface area contributed by atoms with Crippen LogP contribution in [0.1, 0.15) is 91.1 Å². The molecule has 4 heterocycles. The molecular weight excluding hydrogens is 576 g/mol. The number of aromatic nitrogens is 1. The second-order valence-electron chi connectivity index (χ2n) is 13.6. The summed E-state index contributed by atoms with van der Waals surface area (Å²) in [5.74, 6) is 0.621. The van der Waals surface area contributed by atoms with E-state index in [-0.39, 0.29) is 17.4 Å². The normalized spacial score (nSPS) is 26.5. The molecule has 3 aromatic rings. The SMILES string of the molecule is COc1ccc2c(c1)C1CC1(C(=O)N1CC[C@@H]3CCCN3C1)n1c-2c(C2CCCCC2)c2ccc(C(=O)NS(C)(=O)=O)cc21. The Hall–Kier alpha value is -3.37. The maximum atomic E-state index is 15.0. The second kappa shape index (κ2) is 10.1. The van der Waals surface area contributed by atoms with Crippen LogP contribution in [0.2, 0.25) is 0 Å². The van der Waals surface area contributed by atoms with Gasteiger partial charge in [-0.3, -0.25) is 14.5 Å². The van der Waals surface area contributed by atoms with Gasteiger partial charge in [0.15, 0.2) is 0 Å². The van der Waals surface area contributed by atoms with Gasteiger partial charge in [-0.25, -0.2) is 13.1 Å². The highest BCUT2D eigenvalue weighted by Crippen LogP contribution is 2.67. The lowest BCUT2D eigenvalue weighted by Crippen LogP contribution is -2.54. The number of carbonyl (C=O) groups excluding carboxylic acids is 2. The minimum Gasteiger partial charge on any atom is -0.497 e. The summed E-state index contributed by atoms with van der Waals surface area (Å²) in [5.41, 5.74) is 4.97. The van der Waals surface area contributed by atoms with Gasteiger partial charge in [-0.15, -0.1) is 0 Å². The smallest absolute Gasteiger partial charge is 0.264 e. The lowest BCUT2D eigenvalue weighted by atomic mass is 9.80. The number of ether oxygens (including phenoxy) is 1. The molecule has 1 N–H and O–H groups in total. The highest BCUT2D eigenvalue weighted by atomic mass is 32.2. The van der Waals surface area contributed by atoms with E-state index >= 15 is 0 Å². The Bertz CT molecular complexity index is 1810. The lowest BCUT2D eigenvalue weighted by molar-refractivity contribution is -0.141. The molecule has 0 bridgehead atoms. The van der Waals surface area contributed by atoms with Gasteiger partial charge >= 0.3 is 0 Å². The summed E-state index contributed by atoms with van der Waals surface area (Å²) in [6.07, 6.45) is 10.8. The molecule has 2 unspecified atom stereocenters. The fraction of sp³-hybridized carbons (Fsp3) is 0.529. The van der Waals surface area contributed by atoms with Gasteiger partial charge in [0.1, 0.15) is 11.3 Å². The topological polar surface area (TPSA) is 101 Å². The van der Waals surface area contributed by atoms with Crippen molar-refractivity contribution in [3.05, 3.63) is 53.1 Å². The van der Waals surface area contributed by atoms with Gasteiger partial charge in [-0.05, 0) is 85.9 Å². The molecule has 2 aromatic carbocycles. The Morgan fingerprint density at radius 2 is 1.80 bits per heavy atom. The van der Waals surface area contributed by atoms with Crippen LogP contribution in [0.15, 0.2) is 36.4 Å². The zero-order valence-corrected chi connectivity index (χ0v) is 26.3. The molecule has 8 rings (SSSR count). The third kappa shape index (κ3) is 4.24. The fourth-order valence-electron chi connectivity index (χ4n) is 8.98. The molecule has 2 saturated carbocycles. The van der Waals surface area contributed by atoms with Crippen LogP contribution in [0, 0.1) is 0 Å². The third-order valence-corrected chi connectivity index (χ3v) is 11.6. The number of methoxy groups -OCH3 is 1. The molecular formula is C34H40N4O5S. The van der Waals surface area contributed by atoms with Gasteiger partial charge in [0, 0.05) is 41.6 Å². The predicted molar refractivity (Wildman–Crippen MR) is 168 cm³/mol. The van der Waals surface area contributed by atoms with Crippen LogP contribution in [0.3, 0.4) is 0 Å². The molecule has 44 heavy (non-hydrogen) atoms. The zero-order chi connectivity index (χ0) is 30.4. The molecule has 4 fully saturated rings. The minimum absolute atomic E-state index is 0.00721. The third-order valence-electron chi connectivity index (χ3n) is 11.0. The lowest BCUT2D eigenvalue weighted by Gasteiger charge is -2.41. The summed E-state index contributed by atoms with van der Waals surface area (Å²) < 4.78 is 34.0. The summed E-state index contributed by atoms with van der Waals surface area (Å²) in [5, 5.41) is 1.06. The monoisotopic (exact) mass is 616 g/mol.